The van der Waals surface area contributed by atoms with Crippen LogP contribution in [-0.2, 0) is 11.2 Å². The minimum absolute atomic E-state index is 0.507. The van der Waals surface area contributed by atoms with Crippen LogP contribution in [0, 0.1) is 0 Å². The van der Waals surface area contributed by atoms with Crippen LogP contribution in [0.2, 0.25) is 0 Å². The van der Waals surface area contributed by atoms with E-state index in [4.69, 9.17) is 0 Å². The van der Waals surface area contributed by atoms with Crippen molar-refractivity contribution < 1.29 is 8.94 Å². The molecule has 1 aliphatic rings. The van der Waals surface area contributed by atoms with Crippen molar-refractivity contribution in [3.63, 3.8) is 0 Å². The lowest BCUT2D eigenvalue weighted by Crippen LogP contribution is -2.08. The minimum Gasteiger partial charge on any atom is -0.614 e. The molecule has 1 aliphatic heterocycles. The first-order valence-corrected chi connectivity index (χ1v) is 3.70. The summed E-state index contributed by atoms with van der Waals surface area (Å²) in [6, 6.07) is 0. The first-order chi connectivity index (χ1) is 3.30. The zero-order chi connectivity index (χ0) is 5.28. The molecule has 0 saturated carbocycles. The molecule has 0 aliphatic carbocycles. The van der Waals surface area contributed by atoms with Crippen LogP contribution in [0.5, 0.6) is 0 Å². The van der Waals surface area contributed by atoms with E-state index in [9.17, 15) is 8.94 Å². The summed E-state index contributed by atoms with van der Waals surface area (Å²) in [5.41, 5.74) is -1.01. The van der Waals surface area contributed by atoms with Crippen LogP contribution in [0.4, 0.5) is 4.39 Å². The van der Waals surface area contributed by atoms with Crippen molar-refractivity contribution >= 4 is 11.2 Å². The van der Waals surface area contributed by atoms with Crippen molar-refractivity contribution in [2.24, 2.45) is 0 Å². The molecule has 7 heavy (non-hydrogen) atoms. The highest BCUT2D eigenvalue weighted by atomic mass is 32.2. The van der Waals surface area contributed by atoms with E-state index < -0.39 is 16.7 Å². The topological polar surface area (TPSA) is 23.1 Å². The van der Waals surface area contributed by atoms with Gasteiger partial charge in [-0.25, -0.2) is 0 Å². The number of hydrogen-bond donors (Lipinski definition) is 0. The zero-order valence-electron chi connectivity index (χ0n) is 3.89. The summed E-state index contributed by atoms with van der Waals surface area (Å²) < 4.78 is 22.3. The predicted molar refractivity (Wildman–Crippen MR) is 27.1 cm³/mol. The summed E-state index contributed by atoms with van der Waals surface area (Å²) in [4.78, 5) is 0. The van der Waals surface area contributed by atoms with E-state index >= 15 is 0 Å². The average Bonchev–Trinajstić information content (AvgIpc) is 1.91. The molecule has 1 fully saturated rings. The van der Waals surface area contributed by atoms with E-state index in [1.54, 1.807) is 0 Å². The Morgan fingerprint density at radius 3 is 2.57 bits per heavy atom. The molecular formula is C4H7FOS. The standard InChI is InChI=1S/C4H7FOS/c5-4-2-1-3-7(4)6/h4H,1-3H2. The highest BCUT2D eigenvalue weighted by Gasteiger charge is 2.27. The Labute approximate surface area is 45.1 Å². The Morgan fingerprint density at radius 1 is 1.71 bits per heavy atom. The van der Waals surface area contributed by atoms with Gasteiger partial charge in [-0.3, -0.25) is 0 Å². The maximum atomic E-state index is 12.0. The molecule has 1 rings (SSSR count). The summed E-state index contributed by atoms with van der Waals surface area (Å²) in [6.07, 6.45) is 1.31. The van der Waals surface area contributed by atoms with Crippen molar-refractivity contribution in [1.82, 2.24) is 0 Å². The largest absolute Gasteiger partial charge is 0.614 e. The predicted octanol–water partition coefficient (Wildman–Crippen LogP) is 0.825. The maximum absolute atomic E-state index is 12.0. The van der Waals surface area contributed by atoms with Gasteiger partial charge in [-0.1, -0.05) is 0 Å². The molecule has 0 aromatic heterocycles. The van der Waals surface area contributed by atoms with Crippen molar-refractivity contribution in [3.05, 3.63) is 0 Å². The van der Waals surface area contributed by atoms with Gasteiger partial charge in [0, 0.05) is 6.42 Å². The van der Waals surface area contributed by atoms with Gasteiger partial charge < -0.3 is 4.55 Å². The third-order valence-electron chi connectivity index (χ3n) is 1.06. The van der Waals surface area contributed by atoms with Crippen LogP contribution >= 0.6 is 0 Å². The summed E-state index contributed by atoms with van der Waals surface area (Å²) in [5, 5.41) is 0. The van der Waals surface area contributed by atoms with E-state index in [0.717, 1.165) is 6.42 Å². The van der Waals surface area contributed by atoms with Crippen molar-refractivity contribution in [2.75, 3.05) is 5.75 Å². The smallest absolute Gasteiger partial charge is 0.253 e. The van der Waals surface area contributed by atoms with Gasteiger partial charge >= 0.3 is 0 Å². The van der Waals surface area contributed by atoms with Gasteiger partial charge in [0.05, 0.1) is 0 Å². The average molecular weight is 122 g/mol. The molecule has 3 heteroatoms. The van der Waals surface area contributed by atoms with Crippen LogP contribution in [-0.4, -0.2) is 15.8 Å². The molecule has 0 N–H and O–H groups in total. The van der Waals surface area contributed by atoms with Crippen molar-refractivity contribution in [3.8, 4) is 0 Å². The Kier molecular flexibility index (Phi) is 1.54. The molecular weight excluding hydrogens is 115 g/mol. The fourth-order valence-corrected chi connectivity index (χ4v) is 1.78. The fourth-order valence-electron chi connectivity index (χ4n) is 0.645. The molecule has 42 valence electrons. The van der Waals surface area contributed by atoms with Crippen LogP contribution < -0.4 is 0 Å². The molecule has 0 spiro atoms. The molecule has 0 radical (unpaired) electrons. The summed E-state index contributed by atoms with van der Waals surface area (Å²) >= 11 is -1.13. The van der Waals surface area contributed by atoms with Gasteiger partial charge in [0.2, 0.25) is 0 Å². The monoisotopic (exact) mass is 122 g/mol. The number of rotatable bonds is 0. The number of halogens is 1. The van der Waals surface area contributed by atoms with Gasteiger partial charge in [0.15, 0.2) is 0 Å². The molecule has 2 atom stereocenters. The molecule has 0 aromatic carbocycles. The Morgan fingerprint density at radius 2 is 2.43 bits per heavy atom. The van der Waals surface area contributed by atoms with Gasteiger partial charge in [0.1, 0.15) is 5.75 Å². The third kappa shape index (κ3) is 1.07. The molecule has 2 unspecified atom stereocenters. The number of hydrogen-bond acceptors (Lipinski definition) is 1. The lowest BCUT2D eigenvalue weighted by atomic mass is 10.4. The highest BCUT2D eigenvalue weighted by molar-refractivity contribution is 7.92. The molecule has 0 bridgehead atoms. The molecule has 1 saturated heterocycles. The molecule has 1 nitrogen and oxygen atoms in total. The highest BCUT2D eigenvalue weighted by Crippen LogP contribution is 2.19. The zero-order valence-corrected chi connectivity index (χ0v) is 4.71. The van der Waals surface area contributed by atoms with Crippen molar-refractivity contribution in [1.29, 1.82) is 0 Å². The summed E-state index contributed by atoms with van der Waals surface area (Å²) in [6.45, 7) is 0. The van der Waals surface area contributed by atoms with Gasteiger partial charge in [-0.2, -0.15) is 4.39 Å². The van der Waals surface area contributed by atoms with Crippen LogP contribution in [0.15, 0.2) is 0 Å². The van der Waals surface area contributed by atoms with Crippen molar-refractivity contribution in [2.45, 2.75) is 18.3 Å². The maximum Gasteiger partial charge on any atom is 0.253 e. The molecule has 0 aromatic rings. The second kappa shape index (κ2) is 2.01. The van der Waals surface area contributed by atoms with E-state index in [0.29, 0.717) is 12.2 Å². The third-order valence-corrected chi connectivity index (χ3v) is 2.56. The van der Waals surface area contributed by atoms with Crippen LogP contribution in [0.1, 0.15) is 12.8 Å². The van der Waals surface area contributed by atoms with Gasteiger partial charge in [-0.05, 0) is 17.6 Å². The fraction of sp³-hybridized carbons (Fsp3) is 1.00. The van der Waals surface area contributed by atoms with Crippen LogP contribution in [0.3, 0.4) is 0 Å². The van der Waals surface area contributed by atoms with Gasteiger partial charge in [0.25, 0.3) is 5.50 Å². The first kappa shape index (κ1) is 5.38. The summed E-state index contributed by atoms with van der Waals surface area (Å²) in [7, 11) is 0. The van der Waals surface area contributed by atoms with E-state index in [1.165, 1.54) is 0 Å². The van der Waals surface area contributed by atoms with Gasteiger partial charge in [-0.15, -0.1) is 0 Å². The Balaban J connectivity index is 2.33. The molecule has 0 amide bonds. The van der Waals surface area contributed by atoms with E-state index in [-0.39, 0.29) is 0 Å². The normalized spacial score (nSPS) is 42.0. The lowest BCUT2D eigenvalue weighted by Gasteiger charge is -2.02. The summed E-state index contributed by atoms with van der Waals surface area (Å²) in [5.74, 6) is 0.571. The lowest BCUT2D eigenvalue weighted by molar-refractivity contribution is 0.418. The SMILES string of the molecule is [O-][S+]1CCCC1F. The first-order valence-electron chi connectivity index (χ1n) is 2.32. The minimum atomic E-state index is -1.13. The second-order valence-electron chi connectivity index (χ2n) is 1.64. The second-order valence-corrected chi connectivity index (χ2v) is 3.32. The van der Waals surface area contributed by atoms with Crippen LogP contribution in [0.25, 0.3) is 0 Å². The van der Waals surface area contributed by atoms with E-state index in [2.05, 4.69) is 0 Å². The molecule has 1 heterocycles. The van der Waals surface area contributed by atoms with E-state index in [1.807, 2.05) is 0 Å². The Hall–Kier alpha value is 0.240. The Bertz CT molecular complexity index is 60.7. The quantitative estimate of drug-likeness (QED) is 0.436. The number of alkyl halides is 1.